The molecule has 0 aliphatic carbocycles. The number of amides is 2. The minimum absolute atomic E-state index is 0.205. The molecule has 0 aromatic heterocycles. The van der Waals surface area contributed by atoms with Crippen molar-refractivity contribution in [2.45, 2.75) is 13.0 Å². The maximum absolute atomic E-state index is 13.1. The zero-order valence-corrected chi connectivity index (χ0v) is 14.4. The molecule has 3 rings (SSSR count). The summed E-state index contributed by atoms with van der Waals surface area (Å²) in [6.45, 7) is 0.611. The minimum atomic E-state index is -3.29. The van der Waals surface area contributed by atoms with Crippen LogP contribution in [0, 0.1) is 5.82 Å². The first-order valence-electron chi connectivity index (χ1n) is 7.73. The Balaban J connectivity index is 1.63. The number of nitrogens with one attached hydrogen (secondary N) is 2. The van der Waals surface area contributed by atoms with Crippen LogP contribution in [-0.2, 0) is 23.0 Å². The molecule has 2 N–H and O–H groups in total. The average molecular weight is 363 g/mol. The Bertz CT molecular complexity index is 915. The first kappa shape index (κ1) is 17.2. The van der Waals surface area contributed by atoms with E-state index in [1.807, 2.05) is 0 Å². The van der Waals surface area contributed by atoms with Gasteiger partial charge >= 0.3 is 6.03 Å². The van der Waals surface area contributed by atoms with Gasteiger partial charge in [-0.15, -0.1) is 0 Å². The Hall–Kier alpha value is -2.61. The summed E-state index contributed by atoms with van der Waals surface area (Å²) < 4.78 is 37.9. The van der Waals surface area contributed by atoms with E-state index in [-0.39, 0.29) is 12.4 Å². The number of sulfonamides is 1. The van der Waals surface area contributed by atoms with E-state index in [0.717, 1.165) is 5.56 Å². The van der Waals surface area contributed by atoms with Gasteiger partial charge in [0.05, 0.1) is 11.9 Å². The van der Waals surface area contributed by atoms with Crippen LogP contribution >= 0.6 is 0 Å². The third-order valence-corrected chi connectivity index (χ3v) is 5.11. The molecule has 2 aromatic carbocycles. The molecule has 0 atom stereocenters. The fourth-order valence-electron chi connectivity index (χ4n) is 2.80. The predicted molar refractivity (Wildman–Crippen MR) is 94.6 cm³/mol. The first-order valence-corrected chi connectivity index (χ1v) is 9.58. The maximum atomic E-state index is 13.1. The largest absolute Gasteiger partial charge is 0.334 e. The van der Waals surface area contributed by atoms with E-state index in [1.54, 1.807) is 30.3 Å². The lowest BCUT2D eigenvalue weighted by Gasteiger charge is -2.16. The van der Waals surface area contributed by atoms with Gasteiger partial charge in [-0.1, -0.05) is 12.1 Å². The standard InChI is InChI=1S/C17H18FN3O3S/c1-25(23,24)21-8-7-13-10-15(5-6-16(13)21)20-17(22)19-11-12-3-2-4-14(18)9-12/h2-6,9-10H,7-8,11H2,1H3,(H2,19,20,22). The van der Waals surface area contributed by atoms with Gasteiger partial charge in [0, 0.05) is 18.8 Å². The van der Waals surface area contributed by atoms with Crippen molar-refractivity contribution in [1.29, 1.82) is 0 Å². The number of anilines is 2. The van der Waals surface area contributed by atoms with E-state index in [2.05, 4.69) is 10.6 Å². The molecule has 0 spiro atoms. The summed E-state index contributed by atoms with van der Waals surface area (Å²) in [5, 5.41) is 5.35. The number of carbonyl (C=O) groups is 1. The minimum Gasteiger partial charge on any atom is -0.334 e. The molecule has 0 fully saturated rings. The van der Waals surface area contributed by atoms with Crippen molar-refractivity contribution < 1.29 is 17.6 Å². The van der Waals surface area contributed by atoms with Crippen molar-refractivity contribution in [3.63, 3.8) is 0 Å². The van der Waals surface area contributed by atoms with Gasteiger partial charge in [-0.2, -0.15) is 0 Å². The molecule has 2 aromatic rings. The van der Waals surface area contributed by atoms with Crippen molar-refractivity contribution in [1.82, 2.24) is 5.32 Å². The van der Waals surface area contributed by atoms with Crippen molar-refractivity contribution in [3.8, 4) is 0 Å². The molecule has 8 heteroatoms. The molecule has 132 valence electrons. The first-order chi connectivity index (χ1) is 11.8. The number of benzene rings is 2. The highest BCUT2D eigenvalue weighted by Gasteiger charge is 2.26. The van der Waals surface area contributed by atoms with Crippen molar-refractivity contribution in [2.75, 3.05) is 22.4 Å². The zero-order chi connectivity index (χ0) is 18.0. The van der Waals surface area contributed by atoms with E-state index in [1.165, 1.54) is 22.7 Å². The number of halogens is 1. The quantitative estimate of drug-likeness (QED) is 0.876. The van der Waals surface area contributed by atoms with E-state index in [4.69, 9.17) is 0 Å². The summed E-state index contributed by atoms with van der Waals surface area (Å²) >= 11 is 0. The van der Waals surface area contributed by atoms with Gasteiger partial charge in [0.25, 0.3) is 0 Å². The van der Waals surface area contributed by atoms with Crippen LogP contribution in [0.15, 0.2) is 42.5 Å². The Morgan fingerprint density at radius 1 is 1.24 bits per heavy atom. The van der Waals surface area contributed by atoms with Crippen LogP contribution in [0.5, 0.6) is 0 Å². The van der Waals surface area contributed by atoms with Gasteiger partial charge in [0.1, 0.15) is 5.82 Å². The smallest absolute Gasteiger partial charge is 0.319 e. The number of carbonyl (C=O) groups excluding carboxylic acids is 1. The van der Waals surface area contributed by atoms with Crippen molar-refractivity contribution >= 4 is 27.4 Å². The Morgan fingerprint density at radius 3 is 2.76 bits per heavy atom. The topological polar surface area (TPSA) is 78.5 Å². The summed E-state index contributed by atoms with van der Waals surface area (Å²) in [6, 6.07) is 10.7. The number of rotatable bonds is 4. The molecule has 0 saturated heterocycles. The molecule has 0 radical (unpaired) electrons. The summed E-state index contributed by atoms with van der Waals surface area (Å²) in [6.07, 6.45) is 1.77. The van der Waals surface area contributed by atoms with Gasteiger partial charge in [0.15, 0.2) is 0 Å². The second-order valence-corrected chi connectivity index (χ2v) is 7.77. The molecule has 1 heterocycles. The van der Waals surface area contributed by atoms with Crippen LogP contribution in [-0.4, -0.2) is 27.2 Å². The fourth-order valence-corrected chi connectivity index (χ4v) is 3.76. The van der Waals surface area contributed by atoms with Gasteiger partial charge in [0.2, 0.25) is 10.0 Å². The third-order valence-electron chi connectivity index (χ3n) is 3.93. The Morgan fingerprint density at radius 2 is 2.04 bits per heavy atom. The second-order valence-electron chi connectivity index (χ2n) is 5.87. The summed E-state index contributed by atoms with van der Waals surface area (Å²) in [5.74, 6) is -0.353. The second kappa shape index (κ2) is 6.72. The molecule has 6 nitrogen and oxygen atoms in total. The number of urea groups is 1. The van der Waals surface area contributed by atoms with E-state index in [0.29, 0.717) is 29.9 Å². The maximum Gasteiger partial charge on any atom is 0.319 e. The summed E-state index contributed by atoms with van der Waals surface area (Å²) in [5.41, 5.74) is 2.75. The summed E-state index contributed by atoms with van der Waals surface area (Å²) in [4.78, 5) is 12.0. The average Bonchev–Trinajstić information content (AvgIpc) is 2.96. The van der Waals surface area contributed by atoms with Gasteiger partial charge in [-0.3, -0.25) is 4.31 Å². The molecule has 0 bridgehead atoms. The van der Waals surface area contributed by atoms with E-state index >= 15 is 0 Å². The van der Waals surface area contributed by atoms with E-state index in [9.17, 15) is 17.6 Å². The molecule has 25 heavy (non-hydrogen) atoms. The molecule has 1 aliphatic rings. The highest BCUT2D eigenvalue weighted by molar-refractivity contribution is 7.92. The lowest BCUT2D eigenvalue weighted by atomic mass is 10.1. The molecule has 1 aliphatic heterocycles. The van der Waals surface area contributed by atoms with Crippen LogP contribution in [0.3, 0.4) is 0 Å². The SMILES string of the molecule is CS(=O)(=O)N1CCc2cc(NC(=O)NCc3cccc(F)c3)ccc21. The molecule has 0 saturated carbocycles. The highest BCUT2D eigenvalue weighted by Crippen LogP contribution is 2.32. The number of hydrogen-bond donors (Lipinski definition) is 2. The zero-order valence-electron chi connectivity index (χ0n) is 13.6. The van der Waals surface area contributed by atoms with E-state index < -0.39 is 16.1 Å². The fraction of sp³-hybridized carbons (Fsp3) is 0.235. The Labute approximate surface area is 145 Å². The van der Waals surface area contributed by atoms with Crippen LogP contribution < -0.4 is 14.9 Å². The molecule has 2 amide bonds. The molecular formula is C17H18FN3O3S. The summed E-state index contributed by atoms with van der Waals surface area (Å²) in [7, 11) is -3.29. The third kappa shape index (κ3) is 4.08. The monoisotopic (exact) mass is 363 g/mol. The van der Waals surface area contributed by atoms with Gasteiger partial charge in [-0.05, 0) is 47.9 Å². The number of fused-ring (bicyclic) bond motifs is 1. The van der Waals surface area contributed by atoms with Crippen LogP contribution in [0.2, 0.25) is 0 Å². The van der Waals surface area contributed by atoms with Crippen LogP contribution in [0.25, 0.3) is 0 Å². The predicted octanol–water partition coefficient (Wildman–Crippen LogP) is 2.47. The number of nitrogens with zero attached hydrogens (tertiary/aromatic N) is 1. The lowest BCUT2D eigenvalue weighted by molar-refractivity contribution is 0.251. The lowest BCUT2D eigenvalue weighted by Crippen LogP contribution is -2.28. The van der Waals surface area contributed by atoms with Gasteiger partial charge < -0.3 is 10.6 Å². The van der Waals surface area contributed by atoms with Crippen molar-refractivity contribution in [3.05, 3.63) is 59.4 Å². The van der Waals surface area contributed by atoms with Crippen molar-refractivity contribution in [2.24, 2.45) is 0 Å². The molecule has 0 unspecified atom stereocenters. The van der Waals surface area contributed by atoms with Gasteiger partial charge in [-0.25, -0.2) is 17.6 Å². The number of hydrogen-bond acceptors (Lipinski definition) is 3. The van der Waals surface area contributed by atoms with Crippen LogP contribution in [0.4, 0.5) is 20.6 Å². The normalized spacial score (nSPS) is 13.4. The van der Waals surface area contributed by atoms with Crippen LogP contribution in [0.1, 0.15) is 11.1 Å². The highest BCUT2D eigenvalue weighted by atomic mass is 32.2. The Kier molecular flexibility index (Phi) is 4.63. The molecular weight excluding hydrogens is 345 g/mol.